The maximum absolute atomic E-state index is 12.7. The number of nitrogens with zero attached hydrogens (tertiary/aromatic N) is 4. The molecular weight excluding hydrogens is 578 g/mol. The molecule has 10 nitrogen and oxygen atoms in total. The van der Waals surface area contributed by atoms with E-state index in [1.54, 1.807) is 24.5 Å². The average Bonchev–Trinajstić information content (AvgIpc) is 3.26. The van der Waals surface area contributed by atoms with E-state index in [1.807, 2.05) is 9.80 Å². The van der Waals surface area contributed by atoms with Gasteiger partial charge in [0.1, 0.15) is 10.3 Å². The van der Waals surface area contributed by atoms with Crippen LogP contribution in [0.4, 0.5) is 11.4 Å². The standard InChI is InChI=1S/C24H22Cl4N6O4/c25-15-3-13(5-29-21(15)27)33-7-17-23(11-33,9-31-17)37-19(35)1-2-20(36)38-24-10-32-18(24)8-34(12-24)14-4-16(26)22(28)30-6-14/h1-6,17-18,31-32H,7-12H2/b2-1+/t17-,18-,23+,24+/m1/s1. The van der Waals surface area contributed by atoms with Gasteiger partial charge in [-0.1, -0.05) is 46.4 Å². The van der Waals surface area contributed by atoms with Gasteiger partial charge in [0.05, 0.1) is 59.0 Å². The lowest BCUT2D eigenvalue weighted by molar-refractivity contribution is -0.163. The molecule has 6 heterocycles. The number of hydrogen-bond acceptors (Lipinski definition) is 10. The van der Waals surface area contributed by atoms with E-state index in [-0.39, 0.29) is 22.4 Å². The minimum absolute atomic E-state index is 0.0534. The van der Waals surface area contributed by atoms with Gasteiger partial charge in [-0.05, 0) is 12.1 Å². The molecular formula is C24H22Cl4N6O4. The Balaban J connectivity index is 1.05. The molecule has 0 aliphatic carbocycles. The van der Waals surface area contributed by atoms with Crippen LogP contribution in [0.15, 0.2) is 36.7 Å². The number of rotatable bonds is 6. The van der Waals surface area contributed by atoms with E-state index >= 15 is 0 Å². The molecule has 0 spiro atoms. The highest BCUT2D eigenvalue weighted by Crippen LogP contribution is 2.38. The van der Waals surface area contributed by atoms with Crippen LogP contribution in [0.3, 0.4) is 0 Å². The van der Waals surface area contributed by atoms with Gasteiger partial charge in [-0.2, -0.15) is 0 Å². The number of carbonyl (C=O) groups excluding carboxylic acids is 2. The van der Waals surface area contributed by atoms with Gasteiger partial charge in [0, 0.05) is 38.3 Å². The van der Waals surface area contributed by atoms with Crippen molar-refractivity contribution in [3.63, 3.8) is 0 Å². The maximum Gasteiger partial charge on any atom is 0.331 e. The molecule has 4 aliphatic rings. The van der Waals surface area contributed by atoms with E-state index in [9.17, 15) is 9.59 Å². The lowest BCUT2D eigenvalue weighted by atomic mass is 9.89. The summed E-state index contributed by atoms with van der Waals surface area (Å²) in [7, 11) is 0. The highest BCUT2D eigenvalue weighted by Gasteiger charge is 2.57. The van der Waals surface area contributed by atoms with E-state index in [4.69, 9.17) is 55.9 Å². The Bertz CT molecular complexity index is 1250. The fourth-order valence-corrected chi connectivity index (χ4v) is 5.93. The molecule has 6 rings (SSSR count). The average molecular weight is 600 g/mol. The molecule has 4 fully saturated rings. The predicted molar refractivity (Wildman–Crippen MR) is 143 cm³/mol. The van der Waals surface area contributed by atoms with Crippen LogP contribution in [-0.4, -0.2) is 84.5 Å². The number of pyridine rings is 2. The minimum Gasteiger partial charge on any atom is -0.451 e. The summed E-state index contributed by atoms with van der Waals surface area (Å²) >= 11 is 24.1. The summed E-state index contributed by atoms with van der Waals surface area (Å²) in [5, 5.41) is 7.74. The molecule has 0 unspecified atom stereocenters. The Labute approximate surface area is 238 Å². The van der Waals surface area contributed by atoms with Crippen LogP contribution < -0.4 is 20.4 Å². The zero-order valence-electron chi connectivity index (χ0n) is 19.8. The van der Waals surface area contributed by atoms with Crippen LogP contribution in [0.25, 0.3) is 0 Å². The summed E-state index contributed by atoms with van der Waals surface area (Å²) in [5.41, 5.74) is 0.156. The van der Waals surface area contributed by atoms with Crippen molar-refractivity contribution in [3.8, 4) is 0 Å². The van der Waals surface area contributed by atoms with Gasteiger partial charge in [-0.3, -0.25) is 0 Å². The fourth-order valence-electron chi connectivity index (χ4n) is 5.40. The number of aromatic nitrogens is 2. The maximum atomic E-state index is 12.7. The number of nitrogens with one attached hydrogen (secondary N) is 2. The van der Waals surface area contributed by atoms with E-state index < -0.39 is 23.1 Å². The number of ether oxygens (including phenoxy) is 2. The van der Waals surface area contributed by atoms with Crippen molar-refractivity contribution < 1.29 is 19.1 Å². The lowest BCUT2D eigenvalue weighted by Gasteiger charge is -2.43. The topological polar surface area (TPSA) is 109 Å². The number of halogens is 4. The first kappa shape index (κ1) is 25.9. The Kier molecular flexibility index (Phi) is 6.61. The van der Waals surface area contributed by atoms with Crippen molar-refractivity contribution in [2.75, 3.05) is 49.1 Å². The summed E-state index contributed by atoms with van der Waals surface area (Å²) in [6.07, 6.45) is 5.50. The highest BCUT2D eigenvalue weighted by atomic mass is 35.5. The van der Waals surface area contributed by atoms with Crippen molar-refractivity contribution in [2.24, 2.45) is 0 Å². The summed E-state index contributed by atoms with van der Waals surface area (Å²) in [6.45, 7) is 3.15. The second-order valence-electron chi connectivity index (χ2n) is 9.87. The molecule has 0 amide bonds. The Hall–Kier alpha value is -2.34. The third-order valence-electron chi connectivity index (χ3n) is 7.55. The number of fused-ring (bicyclic) bond motifs is 2. The molecule has 38 heavy (non-hydrogen) atoms. The molecule has 0 radical (unpaired) electrons. The van der Waals surface area contributed by atoms with Gasteiger partial charge >= 0.3 is 11.9 Å². The Morgan fingerprint density at radius 3 is 1.58 bits per heavy atom. The monoisotopic (exact) mass is 598 g/mol. The van der Waals surface area contributed by atoms with Gasteiger partial charge in [0.2, 0.25) is 0 Å². The molecule has 4 atom stereocenters. The largest absolute Gasteiger partial charge is 0.451 e. The predicted octanol–water partition coefficient (Wildman–Crippen LogP) is 2.49. The van der Waals surface area contributed by atoms with Gasteiger partial charge in [0.25, 0.3) is 0 Å². The van der Waals surface area contributed by atoms with Gasteiger partial charge in [-0.15, -0.1) is 0 Å². The van der Waals surface area contributed by atoms with Gasteiger partial charge in [0.15, 0.2) is 11.2 Å². The highest BCUT2D eigenvalue weighted by molar-refractivity contribution is 6.41. The zero-order chi connectivity index (χ0) is 26.7. The second-order valence-corrected chi connectivity index (χ2v) is 11.4. The van der Waals surface area contributed by atoms with E-state index in [0.29, 0.717) is 49.3 Å². The van der Waals surface area contributed by atoms with Crippen LogP contribution in [0.1, 0.15) is 0 Å². The smallest absolute Gasteiger partial charge is 0.331 e. The Morgan fingerprint density at radius 2 is 1.24 bits per heavy atom. The summed E-state index contributed by atoms with van der Waals surface area (Å²) in [5.74, 6) is -1.23. The lowest BCUT2D eigenvalue weighted by Crippen LogP contribution is -2.69. The first-order valence-electron chi connectivity index (χ1n) is 11.9. The fraction of sp³-hybridized carbons (Fsp3) is 0.417. The first-order valence-corrected chi connectivity index (χ1v) is 13.4. The molecule has 0 aromatic carbocycles. The van der Waals surface area contributed by atoms with Crippen LogP contribution in [-0.2, 0) is 19.1 Å². The zero-order valence-corrected chi connectivity index (χ0v) is 22.8. The van der Waals surface area contributed by atoms with Crippen molar-refractivity contribution in [1.82, 2.24) is 20.6 Å². The van der Waals surface area contributed by atoms with Crippen molar-refractivity contribution in [1.29, 1.82) is 0 Å². The SMILES string of the molecule is O=C(/C=C/C(=O)O[C@]12CN[C@@H]1CN(c1cnc(Cl)c(Cl)c1)C2)O[C@]12CN[C@@H]1CN(c1cnc(Cl)c(Cl)c1)C2. The minimum atomic E-state index is -0.709. The normalized spacial score (nSPS) is 29.5. The molecule has 2 aromatic rings. The summed E-state index contributed by atoms with van der Waals surface area (Å²) < 4.78 is 11.6. The summed E-state index contributed by atoms with van der Waals surface area (Å²) in [4.78, 5) is 37.6. The third-order valence-corrected chi connectivity index (χ3v) is 8.92. The molecule has 0 bridgehead atoms. The quantitative estimate of drug-likeness (QED) is 0.292. The Morgan fingerprint density at radius 1 is 0.816 bits per heavy atom. The van der Waals surface area contributed by atoms with Gasteiger partial charge < -0.3 is 29.9 Å². The van der Waals surface area contributed by atoms with Crippen molar-refractivity contribution in [3.05, 3.63) is 57.0 Å². The third kappa shape index (κ3) is 4.57. The van der Waals surface area contributed by atoms with E-state index in [1.165, 1.54) is 0 Å². The number of carbonyl (C=O) groups is 2. The van der Waals surface area contributed by atoms with Crippen molar-refractivity contribution in [2.45, 2.75) is 23.3 Å². The second kappa shape index (κ2) is 9.69. The molecule has 2 aromatic heterocycles. The molecule has 2 N–H and O–H groups in total. The van der Waals surface area contributed by atoms with E-state index in [2.05, 4.69) is 20.6 Å². The molecule has 4 aliphatic heterocycles. The number of anilines is 2. The molecule has 0 saturated carbocycles. The first-order chi connectivity index (χ1) is 18.2. The summed E-state index contributed by atoms with van der Waals surface area (Å²) in [6, 6.07) is 3.36. The van der Waals surface area contributed by atoms with Crippen LogP contribution in [0.2, 0.25) is 20.4 Å². The molecule has 14 heteroatoms. The van der Waals surface area contributed by atoms with E-state index in [0.717, 1.165) is 23.5 Å². The number of hydrogen-bond donors (Lipinski definition) is 2. The molecule has 200 valence electrons. The van der Waals surface area contributed by atoms with Crippen LogP contribution in [0, 0.1) is 0 Å². The van der Waals surface area contributed by atoms with Gasteiger partial charge in [-0.25, -0.2) is 19.6 Å². The van der Waals surface area contributed by atoms with Crippen molar-refractivity contribution >= 4 is 69.7 Å². The molecule has 4 saturated heterocycles. The number of esters is 2. The van der Waals surface area contributed by atoms with Crippen LogP contribution >= 0.6 is 46.4 Å². The van der Waals surface area contributed by atoms with Crippen LogP contribution in [0.5, 0.6) is 0 Å².